The van der Waals surface area contributed by atoms with Gasteiger partial charge in [0.2, 0.25) is 8.41 Å². The van der Waals surface area contributed by atoms with E-state index in [4.69, 9.17) is 6.42 Å². The predicted octanol–water partition coefficient (Wildman–Crippen LogP) is 4.78. The zero-order valence-electron chi connectivity index (χ0n) is 10.7. The van der Waals surface area contributed by atoms with Crippen LogP contribution in [0.4, 0.5) is 39.9 Å². The maximum atomic E-state index is 11.8. The molecule has 11 heteroatoms. The molecule has 0 unspecified atom stereocenters. The van der Waals surface area contributed by atoms with Crippen molar-refractivity contribution < 1.29 is 45.3 Å². The Balaban J connectivity index is -0.0000000257. The molecule has 132 valence electrons. The van der Waals surface area contributed by atoms with E-state index in [2.05, 4.69) is 6.58 Å². The van der Waals surface area contributed by atoms with Crippen molar-refractivity contribution in [3.05, 3.63) is 19.1 Å². The van der Waals surface area contributed by atoms with Gasteiger partial charge in [-0.1, -0.05) is 14.0 Å². The second-order valence-electron chi connectivity index (χ2n) is 3.44. The molecule has 0 aliphatic carbocycles. The molecule has 0 radical (unpaired) electrons. The molecule has 0 aromatic heterocycles. The van der Waals surface area contributed by atoms with Crippen LogP contribution in [0.2, 0.25) is 19.6 Å². The minimum absolute atomic E-state index is 0. The Kier molecular flexibility index (Phi) is 34.8. The fourth-order valence-corrected chi connectivity index (χ4v) is 0. The van der Waals surface area contributed by atoms with E-state index in [1.54, 1.807) is 19.6 Å². The van der Waals surface area contributed by atoms with Gasteiger partial charge >= 0.3 is 37.9 Å². The van der Waals surface area contributed by atoms with E-state index in [0.29, 0.717) is 5.92 Å². The molecule has 0 saturated carbocycles. The Morgan fingerprint density at radius 1 is 1.00 bits per heavy atom. The SMILES string of the molecule is C.C=CC(F)(F)F.C[Si](C)(C)F.F.F.O.[C+]#CC(F)(F)F. The number of hydrogen-bond acceptors (Lipinski definition) is 0. The molecule has 0 aliphatic heterocycles. The first-order chi connectivity index (χ1) is 7.12. The van der Waals surface area contributed by atoms with Crippen LogP contribution in [-0.2, 0) is 0 Å². The molecule has 0 atom stereocenters. The Morgan fingerprint density at radius 2 is 1.10 bits per heavy atom. The van der Waals surface area contributed by atoms with Crippen molar-refractivity contribution in [2.45, 2.75) is 39.4 Å². The van der Waals surface area contributed by atoms with Gasteiger partial charge < -0.3 is 9.58 Å². The summed E-state index contributed by atoms with van der Waals surface area (Å²) in [6.07, 6.45) is -3.32. The van der Waals surface area contributed by atoms with Gasteiger partial charge in [-0.25, -0.2) is 0 Å². The molecule has 0 amide bonds. The fraction of sp³-hybridized carbons (Fsp3) is 0.600. The summed E-state index contributed by atoms with van der Waals surface area (Å²) in [7, 11) is -2.11. The molecule has 0 spiro atoms. The molecule has 21 heavy (non-hydrogen) atoms. The summed E-state index contributed by atoms with van der Waals surface area (Å²) in [6.45, 7) is 7.49. The number of hydrogen-bond donors (Lipinski definition) is 0. The van der Waals surface area contributed by atoms with Gasteiger partial charge in [0.15, 0.2) is 0 Å². The van der Waals surface area contributed by atoms with Crippen LogP contribution in [0.25, 0.3) is 0 Å². The first kappa shape index (κ1) is 42.7. The minimum atomic E-state index is -4.54. The molecule has 0 rings (SSSR count). The van der Waals surface area contributed by atoms with Crippen LogP contribution in [0, 0.1) is 12.3 Å². The zero-order chi connectivity index (χ0) is 14.9. The number of rotatable bonds is 0. The van der Waals surface area contributed by atoms with Crippen LogP contribution in [-0.4, -0.2) is 26.2 Å². The molecule has 0 aliphatic rings. The topological polar surface area (TPSA) is 31.5 Å². The fourth-order valence-electron chi connectivity index (χ4n) is 0. The van der Waals surface area contributed by atoms with Gasteiger partial charge in [0.05, 0.1) is 0 Å². The third kappa shape index (κ3) is 216. The molecular formula is C10H20F9OSi+. The third-order valence-electron chi connectivity index (χ3n) is 0.373. The summed E-state index contributed by atoms with van der Waals surface area (Å²) in [5, 5.41) is 0. The summed E-state index contributed by atoms with van der Waals surface area (Å²) < 4.78 is 75.3. The first-order valence-electron chi connectivity index (χ1n) is 4.02. The monoisotopic (exact) mass is 355 g/mol. The number of halogens is 9. The Labute approximate surface area is 119 Å². The summed E-state index contributed by atoms with van der Waals surface area (Å²) >= 11 is 0. The maximum absolute atomic E-state index is 11.8. The van der Waals surface area contributed by atoms with Crippen molar-refractivity contribution in [2.24, 2.45) is 0 Å². The first-order valence-corrected chi connectivity index (χ1v) is 7.40. The van der Waals surface area contributed by atoms with Crippen LogP contribution < -0.4 is 0 Å². The van der Waals surface area contributed by atoms with Crippen LogP contribution in [0.3, 0.4) is 0 Å². The average Bonchev–Trinajstić information content (AvgIpc) is 2.00. The summed E-state index contributed by atoms with van der Waals surface area (Å²) in [4.78, 5) is 0. The summed E-state index contributed by atoms with van der Waals surface area (Å²) in [6, 6.07) is 0. The molecule has 0 saturated heterocycles. The van der Waals surface area contributed by atoms with Gasteiger partial charge in [0.1, 0.15) is 0 Å². The van der Waals surface area contributed by atoms with Crippen molar-refractivity contribution in [3.8, 4) is 5.92 Å². The Bertz CT molecular complexity index is 241. The molecule has 0 bridgehead atoms. The van der Waals surface area contributed by atoms with Crippen molar-refractivity contribution in [3.63, 3.8) is 0 Å². The predicted molar refractivity (Wildman–Crippen MR) is 69.2 cm³/mol. The van der Waals surface area contributed by atoms with Crippen molar-refractivity contribution in [2.75, 3.05) is 0 Å². The quantitative estimate of drug-likeness (QED) is 0.150. The second-order valence-corrected chi connectivity index (χ2v) is 7.57. The molecule has 1 nitrogen and oxygen atoms in total. The van der Waals surface area contributed by atoms with Gasteiger partial charge in [0.25, 0.3) is 0 Å². The molecule has 2 N–H and O–H groups in total. The standard InChI is InChI=1S/C3H3F3.C3F3.C3H9FSi.CH4.2FH.H2O/c2*1-2-3(4,5)6;1-5(2,3)4;;;;/h2H,1H2;;1-3H3;1H4;2*1H;1H2/q;+1;;;;;. The Hall–Kier alpha value is -0.933. The molecule has 0 fully saturated rings. The molecule has 0 aromatic carbocycles. The Morgan fingerprint density at radius 3 is 1.10 bits per heavy atom. The van der Waals surface area contributed by atoms with Gasteiger partial charge in [-0.3, -0.25) is 9.41 Å². The van der Waals surface area contributed by atoms with Crippen LogP contribution in [0.5, 0.6) is 0 Å². The van der Waals surface area contributed by atoms with E-state index in [9.17, 15) is 30.5 Å². The van der Waals surface area contributed by atoms with E-state index >= 15 is 0 Å². The molecule has 0 aromatic rings. The second kappa shape index (κ2) is 17.1. The van der Waals surface area contributed by atoms with E-state index in [1.165, 1.54) is 0 Å². The van der Waals surface area contributed by atoms with Gasteiger partial charge in [-0.05, 0) is 19.6 Å². The molecular weight excluding hydrogens is 335 g/mol. The van der Waals surface area contributed by atoms with E-state index in [1.807, 2.05) is 0 Å². The average molecular weight is 355 g/mol. The van der Waals surface area contributed by atoms with Crippen molar-refractivity contribution in [1.29, 1.82) is 0 Å². The van der Waals surface area contributed by atoms with Crippen LogP contribution in [0.15, 0.2) is 12.7 Å². The van der Waals surface area contributed by atoms with E-state index in [-0.39, 0.29) is 28.4 Å². The number of allylic oxidation sites excluding steroid dienone is 1. The van der Waals surface area contributed by atoms with E-state index < -0.39 is 20.8 Å². The van der Waals surface area contributed by atoms with Crippen molar-refractivity contribution >= 4 is 8.41 Å². The van der Waals surface area contributed by atoms with Gasteiger partial charge in [-0.2, -0.15) is 13.2 Å². The van der Waals surface area contributed by atoms with Crippen LogP contribution >= 0.6 is 0 Å². The van der Waals surface area contributed by atoms with Crippen LogP contribution in [0.1, 0.15) is 7.43 Å². The third-order valence-corrected chi connectivity index (χ3v) is 0.373. The van der Waals surface area contributed by atoms with Gasteiger partial charge in [-0.15, -0.1) is 0 Å². The summed E-state index contributed by atoms with van der Waals surface area (Å²) in [5.41, 5.74) is 0. The number of alkyl halides is 6. The van der Waals surface area contributed by atoms with E-state index in [0.717, 1.165) is 0 Å². The normalized spacial score (nSPS) is 9.14. The van der Waals surface area contributed by atoms with Crippen molar-refractivity contribution in [1.82, 2.24) is 0 Å². The van der Waals surface area contributed by atoms with Gasteiger partial charge in [0, 0.05) is 6.08 Å². The zero-order valence-corrected chi connectivity index (χ0v) is 11.7. The summed E-state index contributed by atoms with van der Waals surface area (Å²) in [5.74, 6) is 0.354. The molecule has 0 heterocycles.